The Hall–Kier alpha value is -1.01. The van der Waals surface area contributed by atoms with Crippen LogP contribution in [0.15, 0.2) is 0 Å². The number of hydrogen-bond donors (Lipinski definition) is 1. The van der Waals surface area contributed by atoms with E-state index >= 15 is 0 Å². The molecule has 1 heterocycles. The number of nitrogens with zero attached hydrogens (tertiary/aromatic N) is 1. The van der Waals surface area contributed by atoms with Gasteiger partial charge in [0.05, 0.1) is 5.56 Å². The molecule has 0 aromatic carbocycles. The second-order valence-electron chi connectivity index (χ2n) is 3.92. The first-order valence-electron chi connectivity index (χ1n) is 4.98. The number of rotatable bonds is 1. The minimum Gasteiger partial charge on any atom is -0.379 e. The Bertz CT molecular complexity index is 387. The molecule has 74 valence electrons. The van der Waals surface area contributed by atoms with Gasteiger partial charge in [-0.15, -0.1) is 11.3 Å². The molecule has 0 fully saturated rings. The third-order valence-corrected chi connectivity index (χ3v) is 4.12. The SMILES string of the molecule is CNc1sc2c(c1C#N)CC[C@@H](C)C2. The molecule has 0 unspecified atom stereocenters. The second kappa shape index (κ2) is 3.62. The largest absolute Gasteiger partial charge is 0.379 e. The molecule has 0 spiro atoms. The number of hydrogen-bond acceptors (Lipinski definition) is 3. The summed E-state index contributed by atoms with van der Waals surface area (Å²) < 4.78 is 0. The van der Waals surface area contributed by atoms with E-state index in [1.165, 1.54) is 16.9 Å². The highest BCUT2D eigenvalue weighted by molar-refractivity contribution is 7.16. The van der Waals surface area contributed by atoms with Gasteiger partial charge in [0, 0.05) is 11.9 Å². The molecule has 1 atom stereocenters. The van der Waals surface area contributed by atoms with Crippen molar-refractivity contribution in [1.29, 1.82) is 5.26 Å². The minimum absolute atomic E-state index is 0.775. The van der Waals surface area contributed by atoms with Gasteiger partial charge in [-0.05, 0) is 30.7 Å². The summed E-state index contributed by atoms with van der Waals surface area (Å²) in [6.45, 7) is 2.29. The Morgan fingerprint density at radius 1 is 1.57 bits per heavy atom. The fraction of sp³-hybridized carbons (Fsp3) is 0.545. The van der Waals surface area contributed by atoms with Gasteiger partial charge in [-0.2, -0.15) is 5.26 Å². The van der Waals surface area contributed by atoms with Gasteiger partial charge in [0.2, 0.25) is 0 Å². The first-order valence-corrected chi connectivity index (χ1v) is 5.80. The van der Waals surface area contributed by atoms with Crippen molar-refractivity contribution in [2.24, 2.45) is 5.92 Å². The molecule has 2 rings (SSSR count). The maximum atomic E-state index is 9.08. The summed E-state index contributed by atoms with van der Waals surface area (Å²) in [5, 5.41) is 13.2. The number of fused-ring (bicyclic) bond motifs is 1. The van der Waals surface area contributed by atoms with Gasteiger partial charge in [-0.3, -0.25) is 0 Å². The van der Waals surface area contributed by atoms with E-state index in [2.05, 4.69) is 18.3 Å². The van der Waals surface area contributed by atoms with E-state index in [1.54, 1.807) is 11.3 Å². The lowest BCUT2D eigenvalue weighted by molar-refractivity contribution is 0.507. The zero-order valence-electron chi connectivity index (χ0n) is 8.55. The van der Waals surface area contributed by atoms with Crippen LogP contribution in [0.5, 0.6) is 0 Å². The molecule has 14 heavy (non-hydrogen) atoms. The van der Waals surface area contributed by atoms with Gasteiger partial charge in [0.1, 0.15) is 11.1 Å². The first-order chi connectivity index (χ1) is 6.76. The maximum absolute atomic E-state index is 9.08. The fourth-order valence-corrected chi connectivity index (χ4v) is 3.36. The summed E-state index contributed by atoms with van der Waals surface area (Å²) >= 11 is 1.76. The zero-order chi connectivity index (χ0) is 10.1. The predicted molar refractivity (Wildman–Crippen MR) is 59.8 cm³/mol. The monoisotopic (exact) mass is 206 g/mol. The molecular weight excluding hydrogens is 192 g/mol. The number of nitrogens with one attached hydrogen (secondary N) is 1. The van der Waals surface area contributed by atoms with Crippen molar-refractivity contribution < 1.29 is 0 Å². The highest BCUT2D eigenvalue weighted by atomic mass is 32.1. The summed E-state index contributed by atoms with van der Waals surface area (Å²) in [7, 11) is 1.89. The third kappa shape index (κ3) is 1.40. The molecule has 1 aromatic rings. The zero-order valence-corrected chi connectivity index (χ0v) is 9.37. The van der Waals surface area contributed by atoms with E-state index in [0.717, 1.165) is 29.3 Å². The highest BCUT2D eigenvalue weighted by Crippen LogP contribution is 2.38. The van der Waals surface area contributed by atoms with Crippen molar-refractivity contribution in [3.8, 4) is 6.07 Å². The third-order valence-electron chi connectivity index (χ3n) is 2.85. The van der Waals surface area contributed by atoms with Gasteiger partial charge in [-0.1, -0.05) is 6.92 Å². The summed E-state index contributed by atoms with van der Waals surface area (Å²) in [6.07, 6.45) is 3.45. The Kier molecular flexibility index (Phi) is 2.47. The standard InChI is InChI=1S/C11H14N2S/c1-7-3-4-8-9(6-12)11(13-2)14-10(8)5-7/h7,13H,3-5H2,1-2H3/t7-/m1/s1. The van der Waals surface area contributed by atoms with Crippen molar-refractivity contribution in [3.05, 3.63) is 16.0 Å². The molecule has 1 N–H and O–H groups in total. The van der Waals surface area contributed by atoms with E-state index < -0.39 is 0 Å². The van der Waals surface area contributed by atoms with Gasteiger partial charge >= 0.3 is 0 Å². The molecule has 0 saturated heterocycles. The number of thiophene rings is 1. The molecule has 0 aliphatic heterocycles. The molecule has 2 nitrogen and oxygen atoms in total. The highest BCUT2D eigenvalue weighted by Gasteiger charge is 2.22. The minimum atomic E-state index is 0.775. The number of nitriles is 1. The van der Waals surface area contributed by atoms with Crippen LogP contribution in [0.3, 0.4) is 0 Å². The molecule has 1 aliphatic rings. The van der Waals surface area contributed by atoms with E-state index in [1.807, 2.05) is 7.05 Å². The van der Waals surface area contributed by atoms with E-state index in [9.17, 15) is 0 Å². The topological polar surface area (TPSA) is 35.8 Å². The molecule has 0 saturated carbocycles. The van der Waals surface area contributed by atoms with Crippen LogP contribution in [0.4, 0.5) is 5.00 Å². The lowest BCUT2D eigenvalue weighted by Crippen LogP contribution is -2.09. The van der Waals surface area contributed by atoms with Crippen LogP contribution in [0, 0.1) is 17.2 Å². The van der Waals surface area contributed by atoms with Crippen LogP contribution in [0.2, 0.25) is 0 Å². The van der Waals surface area contributed by atoms with Crippen LogP contribution in [-0.2, 0) is 12.8 Å². The maximum Gasteiger partial charge on any atom is 0.107 e. The molecule has 0 bridgehead atoms. The summed E-state index contributed by atoms with van der Waals surface area (Å²) in [4.78, 5) is 1.42. The average Bonchev–Trinajstić information content (AvgIpc) is 2.54. The quantitative estimate of drug-likeness (QED) is 0.767. The second-order valence-corrected chi connectivity index (χ2v) is 5.02. The van der Waals surface area contributed by atoms with Crippen LogP contribution in [0.25, 0.3) is 0 Å². The lowest BCUT2D eigenvalue weighted by Gasteiger charge is -2.17. The Morgan fingerprint density at radius 2 is 2.36 bits per heavy atom. The Balaban J connectivity index is 2.47. The summed E-state index contributed by atoms with van der Waals surface area (Å²) in [6, 6.07) is 2.32. The molecule has 0 amide bonds. The van der Waals surface area contributed by atoms with E-state index in [4.69, 9.17) is 5.26 Å². The summed E-state index contributed by atoms with van der Waals surface area (Å²) in [5.74, 6) is 0.775. The van der Waals surface area contributed by atoms with Crippen molar-refractivity contribution in [2.75, 3.05) is 12.4 Å². The van der Waals surface area contributed by atoms with Gasteiger partial charge in [0.15, 0.2) is 0 Å². The van der Waals surface area contributed by atoms with Gasteiger partial charge in [0.25, 0.3) is 0 Å². The van der Waals surface area contributed by atoms with Gasteiger partial charge in [-0.25, -0.2) is 0 Å². The van der Waals surface area contributed by atoms with Crippen LogP contribution < -0.4 is 5.32 Å². The summed E-state index contributed by atoms with van der Waals surface area (Å²) in [5.41, 5.74) is 2.19. The van der Waals surface area contributed by atoms with Crippen LogP contribution >= 0.6 is 11.3 Å². The van der Waals surface area contributed by atoms with E-state index in [0.29, 0.717) is 0 Å². The molecule has 0 radical (unpaired) electrons. The fourth-order valence-electron chi connectivity index (χ4n) is 2.05. The van der Waals surface area contributed by atoms with Crippen molar-refractivity contribution >= 4 is 16.3 Å². The van der Waals surface area contributed by atoms with Crippen LogP contribution in [0.1, 0.15) is 29.3 Å². The first kappa shape index (κ1) is 9.54. The van der Waals surface area contributed by atoms with E-state index in [-0.39, 0.29) is 0 Å². The Morgan fingerprint density at radius 3 is 3.00 bits per heavy atom. The molecule has 1 aromatic heterocycles. The molecular formula is C11H14N2S. The molecule has 1 aliphatic carbocycles. The van der Waals surface area contributed by atoms with Crippen molar-refractivity contribution in [3.63, 3.8) is 0 Å². The predicted octanol–water partition coefficient (Wildman–Crippen LogP) is 2.79. The Labute approximate surface area is 88.6 Å². The van der Waals surface area contributed by atoms with Crippen molar-refractivity contribution in [2.45, 2.75) is 26.2 Å². The van der Waals surface area contributed by atoms with Crippen LogP contribution in [-0.4, -0.2) is 7.05 Å². The number of anilines is 1. The van der Waals surface area contributed by atoms with Crippen molar-refractivity contribution in [1.82, 2.24) is 0 Å². The average molecular weight is 206 g/mol. The normalized spacial score (nSPS) is 19.9. The molecule has 3 heteroatoms. The lowest BCUT2D eigenvalue weighted by atomic mass is 9.89. The van der Waals surface area contributed by atoms with Gasteiger partial charge < -0.3 is 5.32 Å². The smallest absolute Gasteiger partial charge is 0.107 e.